The van der Waals surface area contributed by atoms with Crippen LogP contribution in [0.3, 0.4) is 0 Å². The van der Waals surface area contributed by atoms with Crippen LogP contribution in [-0.4, -0.2) is 4.57 Å². The monoisotopic (exact) mass is 259 g/mol. The third-order valence-electron chi connectivity index (χ3n) is 2.00. The molecular weight excluding hydrogens is 253 g/mol. The lowest BCUT2D eigenvalue weighted by atomic mass is 10.2. The van der Waals surface area contributed by atoms with Gasteiger partial charge in [0.15, 0.2) is 0 Å². The largest absolute Gasteiger partial charge is 0.307 e. The van der Waals surface area contributed by atoms with Gasteiger partial charge in [0.05, 0.1) is 6.54 Å². The van der Waals surface area contributed by atoms with Gasteiger partial charge < -0.3 is 4.57 Å². The van der Waals surface area contributed by atoms with Crippen LogP contribution in [0.25, 0.3) is 0 Å². The molecule has 0 atom stereocenters. The molecule has 15 heavy (non-hydrogen) atoms. The molecular formula is C10H7Cl2NOS. The van der Waals surface area contributed by atoms with Crippen molar-refractivity contribution < 1.29 is 0 Å². The van der Waals surface area contributed by atoms with Crippen LogP contribution in [0.15, 0.2) is 34.6 Å². The highest BCUT2D eigenvalue weighted by Gasteiger charge is 2.03. The van der Waals surface area contributed by atoms with Crippen molar-refractivity contribution in [2.45, 2.75) is 6.54 Å². The van der Waals surface area contributed by atoms with Crippen LogP contribution in [0.4, 0.5) is 0 Å². The number of benzene rings is 1. The topological polar surface area (TPSA) is 22.0 Å². The summed E-state index contributed by atoms with van der Waals surface area (Å²) in [5.41, 5.74) is 0.890. The molecule has 2 rings (SSSR count). The van der Waals surface area contributed by atoms with Gasteiger partial charge in [-0.3, -0.25) is 4.79 Å². The molecule has 1 aromatic heterocycles. The van der Waals surface area contributed by atoms with Crippen molar-refractivity contribution in [2.24, 2.45) is 0 Å². The maximum absolute atomic E-state index is 11.3. The zero-order valence-electron chi connectivity index (χ0n) is 7.61. The Hall–Kier alpha value is -0.770. The van der Waals surface area contributed by atoms with Gasteiger partial charge in [-0.25, -0.2) is 0 Å². The summed E-state index contributed by atoms with van der Waals surface area (Å²) in [7, 11) is 0. The molecule has 0 saturated heterocycles. The average molecular weight is 260 g/mol. The van der Waals surface area contributed by atoms with Gasteiger partial charge in [0.2, 0.25) is 0 Å². The molecule has 0 aliphatic heterocycles. The third-order valence-corrected chi connectivity index (χ3v) is 3.28. The molecule has 78 valence electrons. The van der Waals surface area contributed by atoms with Crippen molar-refractivity contribution in [1.82, 2.24) is 4.57 Å². The standard InChI is InChI=1S/C10H7Cl2NOS/c11-8-2-1-7(9(12)5-8)6-13-3-4-15-10(13)14/h1-5H,6H2. The van der Waals surface area contributed by atoms with Gasteiger partial charge in [0.1, 0.15) is 0 Å². The highest BCUT2D eigenvalue weighted by Crippen LogP contribution is 2.21. The second-order valence-corrected chi connectivity index (χ2v) is 4.73. The Morgan fingerprint density at radius 1 is 1.33 bits per heavy atom. The maximum atomic E-state index is 11.3. The summed E-state index contributed by atoms with van der Waals surface area (Å²) in [6.07, 6.45) is 1.75. The first-order chi connectivity index (χ1) is 7.16. The third kappa shape index (κ3) is 2.43. The molecule has 0 unspecified atom stereocenters. The summed E-state index contributed by atoms with van der Waals surface area (Å²) in [6, 6.07) is 5.27. The quantitative estimate of drug-likeness (QED) is 0.812. The first-order valence-electron chi connectivity index (χ1n) is 4.24. The average Bonchev–Trinajstić information content (AvgIpc) is 2.57. The normalized spacial score (nSPS) is 10.5. The lowest BCUT2D eigenvalue weighted by Crippen LogP contribution is -2.12. The molecule has 0 aliphatic carbocycles. The van der Waals surface area contributed by atoms with E-state index in [0.717, 1.165) is 5.56 Å². The van der Waals surface area contributed by atoms with E-state index in [1.165, 1.54) is 11.3 Å². The Bertz CT molecular complexity index is 532. The SMILES string of the molecule is O=c1sccn1Cc1ccc(Cl)cc1Cl. The molecule has 0 N–H and O–H groups in total. The molecule has 2 aromatic rings. The van der Waals surface area contributed by atoms with E-state index >= 15 is 0 Å². The number of nitrogens with zero attached hydrogens (tertiary/aromatic N) is 1. The summed E-state index contributed by atoms with van der Waals surface area (Å²) >= 11 is 13.0. The van der Waals surface area contributed by atoms with Crippen LogP contribution in [0, 0.1) is 0 Å². The molecule has 0 amide bonds. The van der Waals surface area contributed by atoms with E-state index in [9.17, 15) is 4.79 Å². The van der Waals surface area contributed by atoms with Crippen molar-refractivity contribution in [3.05, 3.63) is 55.1 Å². The van der Waals surface area contributed by atoms with Crippen LogP contribution < -0.4 is 4.87 Å². The highest BCUT2D eigenvalue weighted by molar-refractivity contribution is 7.07. The van der Waals surface area contributed by atoms with E-state index in [4.69, 9.17) is 23.2 Å². The summed E-state index contributed by atoms with van der Waals surface area (Å²) in [5.74, 6) is 0. The fourth-order valence-electron chi connectivity index (χ4n) is 1.24. The zero-order valence-corrected chi connectivity index (χ0v) is 9.94. The van der Waals surface area contributed by atoms with Gasteiger partial charge in [0, 0.05) is 21.6 Å². The lowest BCUT2D eigenvalue weighted by Gasteiger charge is -2.04. The van der Waals surface area contributed by atoms with Crippen LogP contribution in [0.2, 0.25) is 10.0 Å². The Kier molecular flexibility index (Phi) is 3.14. The molecule has 5 heteroatoms. The van der Waals surface area contributed by atoms with E-state index in [0.29, 0.717) is 16.6 Å². The van der Waals surface area contributed by atoms with Gasteiger partial charge in [-0.1, -0.05) is 40.6 Å². The molecule has 0 saturated carbocycles. The lowest BCUT2D eigenvalue weighted by molar-refractivity contribution is 0.784. The van der Waals surface area contributed by atoms with Crippen molar-refractivity contribution in [3.8, 4) is 0 Å². The van der Waals surface area contributed by atoms with E-state index in [1.54, 1.807) is 28.3 Å². The fourth-order valence-corrected chi connectivity index (χ4v) is 2.29. The molecule has 0 fully saturated rings. The second kappa shape index (κ2) is 4.39. The Balaban J connectivity index is 2.33. The van der Waals surface area contributed by atoms with Gasteiger partial charge in [-0.05, 0) is 17.7 Å². The van der Waals surface area contributed by atoms with Gasteiger partial charge in [-0.15, -0.1) is 0 Å². The maximum Gasteiger partial charge on any atom is 0.307 e. The van der Waals surface area contributed by atoms with Crippen molar-refractivity contribution in [3.63, 3.8) is 0 Å². The van der Waals surface area contributed by atoms with Crippen molar-refractivity contribution in [1.29, 1.82) is 0 Å². The predicted molar refractivity (Wildman–Crippen MR) is 64.1 cm³/mol. The van der Waals surface area contributed by atoms with Gasteiger partial charge in [-0.2, -0.15) is 0 Å². The van der Waals surface area contributed by atoms with Crippen molar-refractivity contribution in [2.75, 3.05) is 0 Å². The molecule has 0 radical (unpaired) electrons. The molecule has 0 bridgehead atoms. The molecule has 1 heterocycles. The van der Waals surface area contributed by atoms with E-state index in [1.807, 2.05) is 6.07 Å². The minimum Gasteiger partial charge on any atom is -0.301 e. The Morgan fingerprint density at radius 3 is 2.73 bits per heavy atom. The van der Waals surface area contributed by atoms with Gasteiger partial charge >= 0.3 is 4.87 Å². The number of rotatable bonds is 2. The van der Waals surface area contributed by atoms with E-state index in [2.05, 4.69) is 0 Å². The predicted octanol–water partition coefficient (Wildman–Crippen LogP) is 3.26. The minimum atomic E-state index is 0.0148. The van der Waals surface area contributed by atoms with Crippen LogP contribution in [0.5, 0.6) is 0 Å². The van der Waals surface area contributed by atoms with Crippen molar-refractivity contribution >= 4 is 34.5 Å². The summed E-state index contributed by atoms with van der Waals surface area (Å²) < 4.78 is 1.61. The fraction of sp³-hybridized carbons (Fsp3) is 0.100. The minimum absolute atomic E-state index is 0.0148. The smallest absolute Gasteiger partial charge is 0.301 e. The molecule has 1 aromatic carbocycles. The first-order valence-corrected chi connectivity index (χ1v) is 5.88. The second-order valence-electron chi connectivity index (χ2n) is 3.03. The number of thiazole rings is 1. The Labute approximate surface area is 101 Å². The number of aromatic nitrogens is 1. The van der Waals surface area contributed by atoms with Crippen LogP contribution >= 0.6 is 34.5 Å². The molecule has 0 aliphatic rings. The first kappa shape index (κ1) is 10.7. The number of hydrogen-bond donors (Lipinski definition) is 0. The van der Waals surface area contributed by atoms with Gasteiger partial charge in [0.25, 0.3) is 0 Å². The highest BCUT2D eigenvalue weighted by atomic mass is 35.5. The number of halogens is 2. The summed E-state index contributed by atoms with van der Waals surface area (Å²) in [6.45, 7) is 0.484. The molecule has 0 spiro atoms. The van der Waals surface area contributed by atoms with Crippen LogP contribution in [-0.2, 0) is 6.54 Å². The van der Waals surface area contributed by atoms with E-state index in [-0.39, 0.29) is 4.87 Å². The Morgan fingerprint density at radius 2 is 2.13 bits per heavy atom. The van der Waals surface area contributed by atoms with Crippen LogP contribution in [0.1, 0.15) is 5.56 Å². The zero-order chi connectivity index (χ0) is 10.8. The summed E-state index contributed by atoms with van der Waals surface area (Å²) in [4.78, 5) is 11.3. The van der Waals surface area contributed by atoms with E-state index < -0.39 is 0 Å². The molecule has 2 nitrogen and oxygen atoms in total. The summed E-state index contributed by atoms with van der Waals surface area (Å²) in [5, 5.41) is 2.94. The number of hydrogen-bond acceptors (Lipinski definition) is 2.